The molecule has 1 aliphatic carbocycles. The Morgan fingerprint density at radius 3 is 3.04 bits per heavy atom. The maximum Gasteiger partial charge on any atom is 0.271 e. The lowest BCUT2D eigenvalue weighted by molar-refractivity contribution is 0.579. The normalized spacial score (nSPS) is 16.7. The zero-order valence-corrected chi connectivity index (χ0v) is 15.5. The van der Waals surface area contributed by atoms with Gasteiger partial charge in [0.1, 0.15) is 9.53 Å². The molecule has 0 aromatic carbocycles. The van der Waals surface area contributed by atoms with E-state index in [1.54, 1.807) is 17.1 Å². The SMILES string of the molecule is C#CCN(C)c1ccnc2sc3c(=O)n(C4C=CC(C)=CC4)cnc3c12. The van der Waals surface area contributed by atoms with E-state index < -0.39 is 0 Å². The molecule has 5 nitrogen and oxygen atoms in total. The molecule has 0 amide bonds. The Hall–Kier alpha value is -2.91. The summed E-state index contributed by atoms with van der Waals surface area (Å²) in [5.41, 5.74) is 2.84. The predicted molar refractivity (Wildman–Crippen MR) is 108 cm³/mol. The number of hydrogen-bond donors (Lipinski definition) is 0. The van der Waals surface area contributed by atoms with Crippen molar-refractivity contribution in [3.63, 3.8) is 0 Å². The molecule has 1 unspecified atom stereocenters. The fourth-order valence-corrected chi connectivity index (χ4v) is 4.30. The summed E-state index contributed by atoms with van der Waals surface area (Å²) < 4.78 is 2.35. The van der Waals surface area contributed by atoms with Crippen LogP contribution in [-0.2, 0) is 0 Å². The van der Waals surface area contributed by atoms with Crippen molar-refractivity contribution in [2.75, 3.05) is 18.5 Å². The molecule has 1 atom stereocenters. The second kappa shape index (κ2) is 6.43. The Kier molecular flexibility index (Phi) is 4.09. The third-order valence-electron chi connectivity index (χ3n) is 4.64. The molecule has 0 aliphatic heterocycles. The fraction of sp³-hybridized carbons (Fsp3) is 0.250. The minimum Gasteiger partial charge on any atom is -0.363 e. The number of hydrogen-bond acceptors (Lipinski definition) is 5. The quantitative estimate of drug-likeness (QED) is 0.669. The van der Waals surface area contributed by atoms with Gasteiger partial charge in [-0.15, -0.1) is 17.8 Å². The van der Waals surface area contributed by atoms with E-state index >= 15 is 0 Å². The topological polar surface area (TPSA) is 51.0 Å². The number of nitrogens with zero attached hydrogens (tertiary/aromatic N) is 4. The first-order chi connectivity index (χ1) is 12.6. The van der Waals surface area contributed by atoms with Crippen molar-refractivity contribution in [2.45, 2.75) is 19.4 Å². The summed E-state index contributed by atoms with van der Waals surface area (Å²) in [5, 5.41) is 0.893. The molecule has 26 heavy (non-hydrogen) atoms. The molecular formula is C20H18N4OS. The molecule has 0 bridgehead atoms. The number of aromatic nitrogens is 3. The molecule has 1 aliphatic rings. The first-order valence-electron chi connectivity index (χ1n) is 8.38. The zero-order chi connectivity index (χ0) is 18.3. The number of terminal acetylenes is 1. The highest BCUT2D eigenvalue weighted by molar-refractivity contribution is 7.25. The van der Waals surface area contributed by atoms with E-state index in [1.165, 1.54) is 16.9 Å². The van der Waals surface area contributed by atoms with Crippen LogP contribution in [0.15, 0.2) is 47.2 Å². The van der Waals surface area contributed by atoms with E-state index in [0.29, 0.717) is 16.8 Å². The lowest BCUT2D eigenvalue weighted by atomic mass is 10.0. The summed E-state index contributed by atoms with van der Waals surface area (Å²) in [6.45, 7) is 2.54. The molecular weight excluding hydrogens is 344 g/mol. The van der Waals surface area contributed by atoms with E-state index in [9.17, 15) is 4.79 Å². The number of fused-ring (bicyclic) bond motifs is 3. The molecule has 0 N–H and O–H groups in total. The van der Waals surface area contributed by atoms with Crippen molar-refractivity contribution < 1.29 is 0 Å². The van der Waals surface area contributed by atoms with Gasteiger partial charge in [0.25, 0.3) is 5.56 Å². The van der Waals surface area contributed by atoms with Crippen molar-refractivity contribution >= 4 is 37.5 Å². The van der Waals surface area contributed by atoms with Gasteiger partial charge in [-0.3, -0.25) is 9.36 Å². The highest BCUT2D eigenvalue weighted by Crippen LogP contribution is 2.35. The highest BCUT2D eigenvalue weighted by atomic mass is 32.1. The number of anilines is 1. The number of pyridine rings is 1. The number of thiophene rings is 1. The number of rotatable bonds is 3. The van der Waals surface area contributed by atoms with Gasteiger partial charge >= 0.3 is 0 Å². The Bertz CT molecular complexity index is 1160. The van der Waals surface area contributed by atoms with E-state index in [2.05, 4.69) is 35.0 Å². The van der Waals surface area contributed by atoms with Crippen molar-refractivity contribution in [1.29, 1.82) is 0 Å². The minimum atomic E-state index is -0.0221. The molecule has 3 heterocycles. The molecule has 3 aromatic rings. The minimum absolute atomic E-state index is 0.00450. The third-order valence-corrected chi connectivity index (χ3v) is 5.72. The second-order valence-corrected chi connectivity index (χ2v) is 7.42. The van der Waals surface area contributed by atoms with Crippen LogP contribution >= 0.6 is 11.3 Å². The second-order valence-electron chi connectivity index (χ2n) is 6.42. The first-order valence-corrected chi connectivity index (χ1v) is 9.19. The van der Waals surface area contributed by atoms with Gasteiger partial charge in [-0.25, -0.2) is 9.97 Å². The van der Waals surface area contributed by atoms with Gasteiger partial charge in [-0.1, -0.05) is 29.7 Å². The lowest BCUT2D eigenvalue weighted by Crippen LogP contribution is -2.24. The molecule has 0 saturated carbocycles. The molecule has 4 rings (SSSR count). The van der Waals surface area contributed by atoms with Gasteiger partial charge in [0, 0.05) is 13.2 Å². The standard InChI is InChI=1S/C20H18N4OS/c1-4-11-23(3)15-9-10-21-19-16(15)17-18(26-19)20(25)24(12-22-17)14-7-5-13(2)6-8-14/h1,5-7,9-10,12,14H,8,11H2,2-3H3. The Morgan fingerprint density at radius 1 is 1.46 bits per heavy atom. The monoisotopic (exact) mass is 362 g/mol. The summed E-state index contributed by atoms with van der Waals surface area (Å²) in [5.74, 6) is 2.65. The first kappa shape index (κ1) is 16.6. The summed E-state index contributed by atoms with van der Waals surface area (Å²) in [4.78, 5) is 24.9. The lowest BCUT2D eigenvalue weighted by Gasteiger charge is -2.18. The molecule has 3 aromatic heterocycles. The fourth-order valence-electron chi connectivity index (χ4n) is 3.25. The highest BCUT2D eigenvalue weighted by Gasteiger charge is 2.19. The molecule has 0 spiro atoms. The maximum atomic E-state index is 13.1. The van der Waals surface area contributed by atoms with E-state index in [-0.39, 0.29) is 11.6 Å². The van der Waals surface area contributed by atoms with Gasteiger partial charge in [0.15, 0.2) is 0 Å². The zero-order valence-electron chi connectivity index (χ0n) is 14.6. The molecule has 0 radical (unpaired) electrons. The van der Waals surface area contributed by atoms with Crippen LogP contribution in [-0.4, -0.2) is 28.1 Å². The van der Waals surface area contributed by atoms with Gasteiger partial charge in [-0.05, 0) is 19.4 Å². The van der Waals surface area contributed by atoms with Crippen molar-refractivity contribution in [3.05, 3.63) is 52.7 Å². The average Bonchev–Trinajstić information content (AvgIpc) is 3.03. The van der Waals surface area contributed by atoms with Crippen LogP contribution in [0.5, 0.6) is 0 Å². The smallest absolute Gasteiger partial charge is 0.271 e. The summed E-state index contributed by atoms with van der Waals surface area (Å²) in [7, 11) is 1.93. The number of allylic oxidation sites excluding steroid dienone is 4. The largest absolute Gasteiger partial charge is 0.363 e. The van der Waals surface area contributed by atoms with Gasteiger partial charge in [-0.2, -0.15) is 0 Å². The van der Waals surface area contributed by atoms with Crippen LogP contribution in [0.4, 0.5) is 5.69 Å². The molecule has 0 fully saturated rings. The van der Waals surface area contributed by atoms with Gasteiger partial charge in [0.05, 0.1) is 35.5 Å². The van der Waals surface area contributed by atoms with E-state index in [4.69, 9.17) is 6.42 Å². The van der Waals surface area contributed by atoms with Crippen LogP contribution in [0.1, 0.15) is 19.4 Å². The van der Waals surface area contributed by atoms with Crippen molar-refractivity contribution in [1.82, 2.24) is 14.5 Å². The van der Waals surface area contributed by atoms with Crippen LogP contribution < -0.4 is 10.5 Å². The Labute approximate surface area is 155 Å². The summed E-state index contributed by atoms with van der Waals surface area (Å²) in [6, 6.07) is 1.92. The maximum absolute atomic E-state index is 13.1. The van der Waals surface area contributed by atoms with Crippen LogP contribution in [0, 0.1) is 12.3 Å². The van der Waals surface area contributed by atoms with Crippen LogP contribution in [0.25, 0.3) is 20.4 Å². The van der Waals surface area contributed by atoms with E-state index in [0.717, 1.165) is 22.3 Å². The van der Waals surface area contributed by atoms with Crippen molar-refractivity contribution in [2.24, 2.45) is 0 Å². The summed E-state index contributed by atoms with van der Waals surface area (Å²) in [6.07, 6.45) is 15.9. The third kappa shape index (κ3) is 2.61. The van der Waals surface area contributed by atoms with Gasteiger partial charge in [0.2, 0.25) is 0 Å². The van der Waals surface area contributed by atoms with E-state index in [1.807, 2.05) is 24.1 Å². The molecule has 6 heteroatoms. The molecule has 0 saturated heterocycles. The van der Waals surface area contributed by atoms with Crippen molar-refractivity contribution in [3.8, 4) is 12.3 Å². The Morgan fingerprint density at radius 2 is 2.31 bits per heavy atom. The van der Waals surface area contributed by atoms with Crippen LogP contribution in [0.2, 0.25) is 0 Å². The summed E-state index contributed by atoms with van der Waals surface area (Å²) >= 11 is 1.39. The molecule has 130 valence electrons. The average molecular weight is 362 g/mol. The van der Waals surface area contributed by atoms with Gasteiger partial charge < -0.3 is 4.90 Å². The predicted octanol–water partition coefficient (Wildman–Crippen LogP) is 3.52. The Balaban J connectivity index is 1.91. The van der Waals surface area contributed by atoms with Crippen LogP contribution in [0.3, 0.4) is 0 Å².